The molecule has 1 unspecified atom stereocenters. The molecule has 25 heavy (non-hydrogen) atoms. The molecule has 0 spiro atoms. The minimum atomic E-state index is -0.511. The van der Waals surface area contributed by atoms with E-state index in [0.717, 1.165) is 19.4 Å². The van der Waals surface area contributed by atoms with Gasteiger partial charge in [-0.15, -0.1) is 0 Å². The summed E-state index contributed by atoms with van der Waals surface area (Å²) < 4.78 is 10.5. The average Bonchev–Trinajstić information content (AvgIpc) is 2.84. The summed E-state index contributed by atoms with van der Waals surface area (Å²) in [5, 5.41) is 3.86. The molecule has 2 heterocycles. The molecular weight excluding hydrogens is 322 g/mol. The smallest absolute Gasteiger partial charge is 0.410 e. The van der Waals surface area contributed by atoms with Crippen LogP contribution >= 0.6 is 0 Å². The summed E-state index contributed by atoms with van der Waals surface area (Å²) in [4.78, 5) is 28.3. The van der Waals surface area contributed by atoms with Crippen molar-refractivity contribution in [3.8, 4) is 0 Å². The molecule has 7 nitrogen and oxygen atoms in total. The zero-order valence-corrected chi connectivity index (χ0v) is 16.1. The van der Waals surface area contributed by atoms with E-state index >= 15 is 0 Å². The highest BCUT2D eigenvalue weighted by Crippen LogP contribution is 2.22. The monoisotopic (exact) mass is 351 g/mol. The maximum absolute atomic E-state index is 12.8. The molecule has 1 atom stereocenters. The van der Waals surface area contributed by atoms with Gasteiger partial charge < -0.3 is 19.1 Å². The molecule has 1 fully saturated rings. The number of carbonyl (C=O) groups is 2. The minimum Gasteiger partial charge on any atom is -0.444 e. The maximum atomic E-state index is 12.8. The maximum Gasteiger partial charge on any atom is 0.410 e. The number of likely N-dealkylation sites (tertiary alicyclic amines) is 1. The minimum absolute atomic E-state index is 0.0409. The number of amides is 2. The van der Waals surface area contributed by atoms with Gasteiger partial charge >= 0.3 is 6.09 Å². The SMILES string of the molecule is Cc1noc(C)c1C(=O)N1CCCC(CN(C)C(=O)OC(C)(C)C)C1. The zero-order valence-electron chi connectivity index (χ0n) is 16.1. The molecular formula is C18H29N3O4. The van der Waals surface area contributed by atoms with E-state index in [1.54, 1.807) is 25.8 Å². The molecule has 0 aliphatic carbocycles. The van der Waals surface area contributed by atoms with Crippen LogP contribution in [0.1, 0.15) is 55.4 Å². The van der Waals surface area contributed by atoms with Crippen LogP contribution in [0.25, 0.3) is 0 Å². The van der Waals surface area contributed by atoms with Gasteiger partial charge in [-0.2, -0.15) is 0 Å². The van der Waals surface area contributed by atoms with E-state index in [1.165, 1.54) is 0 Å². The number of rotatable bonds is 3. The van der Waals surface area contributed by atoms with Crippen LogP contribution in [0.15, 0.2) is 4.52 Å². The van der Waals surface area contributed by atoms with Crippen LogP contribution in [0.4, 0.5) is 4.79 Å². The molecule has 0 saturated carbocycles. The number of hydrogen-bond acceptors (Lipinski definition) is 5. The molecule has 1 aliphatic heterocycles. The Morgan fingerprint density at radius 3 is 2.60 bits per heavy atom. The lowest BCUT2D eigenvalue weighted by Crippen LogP contribution is -2.45. The van der Waals surface area contributed by atoms with Gasteiger partial charge in [0.05, 0.1) is 5.69 Å². The first-order chi connectivity index (χ1) is 11.6. The van der Waals surface area contributed by atoms with E-state index in [1.807, 2.05) is 25.7 Å². The van der Waals surface area contributed by atoms with Crippen molar-refractivity contribution in [2.45, 2.75) is 53.1 Å². The molecule has 0 radical (unpaired) electrons. The molecule has 1 aromatic rings. The topological polar surface area (TPSA) is 75.9 Å². The lowest BCUT2D eigenvalue weighted by Gasteiger charge is -2.35. The van der Waals surface area contributed by atoms with E-state index in [9.17, 15) is 9.59 Å². The van der Waals surface area contributed by atoms with Crippen molar-refractivity contribution >= 4 is 12.0 Å². The number of ether oxygens (including phenoxy) is 1. The van der Waals surface area contributed by atoms with Gasteiger partial charge in [0.2, 0.25) is 0 Å². The van der Waals surface area contributed by atoms with Crippen molar-refractivity contribution in [2.24, 2.45) is 5.92 Å². The predicted octanol–water partition coefficient (Wildman–Crippen LogP) is 3.01. The van der Waals surface area contributed by atoms with Gasteiger partial charge in [0, 0.05) is 26.7 Å². The Hall–Kier alpha value is -2.05. The third kappa shape index (κ3) is 4.96. The highest BCUT2D eigenvalue weighted by molar-refractivity contribution is 5.96. The fourth-order valence-corrected chi connectivity index (χ4v) is 3.15. The van der Waals surface area contributed by atoms with E-state index in [-0.39, 0.29) is 17.9 Å². The molecule has 1 saturated heterocycles. The second-order valence-corrected chi connectivity index (χ2v) is 7.82. The Labute approximate surface area is 149 Å². The molecule has 2 amide bonds. The molecule has 1 aromatic heterocycles. The first kappa shape index (κ1) is 19.3. The Morgan fingerprint density at radius 2 is 2.04 bits per heavy atom. The quantitative estimate of drug-likeness (QED) is 0.837. The molecule has 7 heteroatoms. The fraction of sp³-hybridized carbons (Fsp3) is 0.722. The van der Waals surface area contributed by atoms with Gasteiger partial charge in [0.15, 0.2) is 0 Å². The second-order valence-electron chi connectivity index (χ2n) is 7.82. The highest BCUT2D eigenvalue weighted by Gasteiger charge is 2.30. The van der Waals surface area contributed by atoms with Crippen LogP contribution in [0.5, 0.6) is 0 Å². The summed E-state index contributed by atoms with van der Waals surface area (Å²) in [6.07, 6.45) is 1.57. The number of hydrogen-bond donors (Lipinski definition) is 0. The number of piperidine rings is 1. The lowest BCUT2D eigenvalue weighted by atomic mass is 9.96. The van der Waals surface area contributed by atoms with Crippen molar-refractivity contribution in [2.75, 3.05) is 26.7 Å². The molecule has 2 rings (SSSR count). The van der Waals surface area contributed by atoms with Crippen LogP contribution in [0.2, 0.25) is 0 Å². The third-order valence-corrected chi connectivity index (χ3v) is 4.29. The Bertz CT molecular complexity index is 613. The first-order valence-electron chi connectivity index (χ1n) is 8.74. The van der Waals surface area contributed by atoms with Crippen LogP contribution in [0.3, 0.4) is 0 Å². The molecule has 0 N–H and O–H groups in total. The van der Waals surface area contributed by atoms with Crippen molar-refractivity contribution < 1.29 is 18.8 Å². The standard InChI is InChI=1S/C18H29N3O4/c1-12-15(13(2)25-19-12)16(22)21-9-7-8-14(11-21)10-20(6)17(23)24-18(3,4)5/h14H,7-11H2,1-6H3. The fourth-order valence-electron chi connectivity index (χ4n) is 3.15. The van der Waals surface area contributed by atoms with E-state index in [4.69, 9.17) is 9.26 Å². The normalized spacial score (nSPS) is 18.2. The average molecular weight is 351 g/mol. The molecule has 1 aliphatic rings. The lowest BCUT2D eigenvalue weighted by molar-refractivity contribution is 0.0244. The Balaban J connectivity index is 1.97. The van der Waals surface area contributed by atoms with E-state index in [0.29, 0.717) is 30.1 Å². The van der Waals surface area contributed by atoms with E-state index < -0.39 is 5.60 Å². The number of aromatic nitrogens is 1. The molecule has 0 aromatic carbocycles. The summed E-state index contributed by atoms with van der Waals surface area (Å²) in [7, 11) is 1.74. The highest BCUT2D eigenvalue weighted by atomic mass is 16.6. The predicted molar refractivity (Wildman–Crippen MR) is 93.5 cm³/mol. The van der Waals surface area contributed by atoms with Crippen LogP contribution in [-0.4, -0.2) is 59.2 Å². The van der Waals surface area contributed by atoms with Crippen LogP contribution < -0.4 is 0 Å². The van der Waals surface area contributed by atoms with Gasteiger partial charge in [-0.05, 0) is 53.4 Å². The van der Waals surface area contributed by atoms with Crippen molar-refractivity contribution in [1.82, 2.24) is 15.0 Å². The van der Waals surface area contributed by atoms with Gasteiger partial charge in [0.1, 0.15) is 16.9 Å². The van der Waals surface area contributed by atoms with Gasteiger partial charge in [0.25, 0.3) is 5.91 Å². The van der Waals surface area contributed by atoms with Crippen LogP contribution in [-0.2, 0) is 4.74 Å². The number of aryl methyl sites for hydroxylation is 2. The summed E-state index contributed by atoms with van der Waals surface area (Å²) in [5.74, 6) is 0.743. The van der Waals surface area contributed by atoms with Crippen molar-refractivity contribution in [3.63, 3.8) is 0 Å². The molecule has 0 bridgehead atoms. The first-order valence-corrected chi connectivity index (χ1v) is 8.74. The second kappa shape index (κ2) is 7.45. The largest absolute Gasteiger partial charge is 0.444 e. The number of nitrogens with zero attached hydrogens (tertiary/aromatic N) is 3. The summed E-state index contributed by atoms with van der Waals surface area (Å²) in [6, 6.07) is 0. The van der Waals surface area contributed by atoms with Gasteiger partial charge in [-0.3, -0.25) is 4.79 Å². The Kier molecular flexibility index (Phi) is 5.75. The third-order valence-electron chi connectivity index (χ3n) is 4.29. The zero-order chi connectivity index (χ0) is 18.8. The van der Waals surface area contributed by atoms with Gasteiger partial charge in [-0.1, -0.05) is 5.16 Å². The Morgan fingerprint density at radius 1 is 1.36 bits per heavy atom. The number of carbonyl (C=O) groups excluding carboxylic acids is 2. The van der Waals surface area contributed by atoms with Crippen LogP contribution in [0, 0.1) is 19.8 Å². The van der Waals surface area contributed by atoms with Crippen molar-refractivity contribution in [3.05, 3.63) is 17.0 Å². The molecule has 140 valence electrons. The summed E-state index contributed by atoms with van der Waals surface area (Å²) in [6.45, 7) is 11.0. The van der Waals surface area contributed by atoms with Crippen molar-refractivity contribution in [1.29, 1.82) is 0 Å². The summed E-state index contributed by atoms with van der Waals surface area (Å²) >= 11 is 0. The van der Waals surface area contributed by atoms with Gasteiger partial charge in [-0.25, -0.2) is 4.79 Å². The van der Waals surface area contributed by atoms with E-state index in [2.05, 4.69) is 5.16 Å². The summed E-state index contributed by atoms with van der Waals surface area (Å²) in [5.41, 5.74) is 0.667.